The minimum absolute atomic E-state index is 0.108. The molecule has 94 valence electrons. The Morgan fingerprint density at radius 3 is 2.29 bits per heavy atom. The Kier molecular flexibility index (Phi) is 3.93. The molecule has 0 spiro atoms. The van der Waals surface area contributed by atoms with Gasteiger partial charge in [0.2, 0.25) is 0 Å². The van der Waals surface area contributed by atoms with Crippen LogP contribution in [0.3, 0.4) is 0 Å². The summed E-state index contributed by atoms with van der Waals surface area (Å²) in [6.45, 7) is 6.97. The number of aliphatic carboxylic acids is 1. The molecule has 17 heavy (non-hydrogen) atoms. The number of furan rings is 1. The largest absolute Gasteiger partial charge is 0.481 e. The van der Waals surface area contributed by atoms with Gasteiger partial charge in [-0.25, -0.2) is 0 Å². The molecule has 0 aliphatic heterocycles. The molecule has 0 fully saturated rings. The number of aryl methyl sites for hydroxylation is 2. The molecular weight excluding hydrogens is 222 g/mol. The number of hydrogen-bond acceptors (Lipinski definition) is 3. The van der Waals surface area contributed by atoms with Gasteiger partial charge in [-0.15, -0.1) is 0 Å². The van der Waals surface area contributed by atoms with Gasteiger partial charge in [-0.3, -0.25) is 9.59 Å². The van der Waals surface area contributed by atoms with Crippen molar-refractivity contribution in [1.82, 2.24) is 5.32 Å². The van der Waals surface area contributed by atoms with Gasteiger partial charge in [-0.1, -0.05) is 6.92 Å². The second-order valence-electron chi connectivity index (χ2n) is 4.16. The van der Waals surface area contributed by atoms with E-state index < -0.39 is 11.9 Å². The number of carbonyl (C=O) groups is 2. The van der Waals surface area contributed by atoms with E-state index in [-0.39, 0.29) is 12.5 Å². The number of amides is 1. The van der Waals surface area contributed by atoms with Crippen LogP contribution >= 0.6 is 0 Å². The van der Waals surface area contributed by atoms with Crippen LogP contribution in [0, 0.1) is 26.7 Å². The van der Waals surface area contributed by atoms with Gasteiger partial charge in [-0.2, -0.15) is 0 Å². The Morgan fingerprint density at radius 2 is 1.88 bits per heavy atom. The summed E-state index contributed by atoms with van der Waals surface area (Å²) in [7, 11) is 0. The third-order valence-corrected chi connectivity index (χ3v) is 2.78. The van der Waals surface area contributed by atoms with Crippen molar-refractivity contribution in [3.05, 3.63) is 22.6 Å². The Balaban J connectivity index is 2.74. The highest BCUT2D eigenvalue weighted by atomic mass is 16.4. The zero-order valence-corrected chi connectivity index (χ0v) is 10.5. The second-order valence-corrected chi connectivity index (χ2v) is 4.16. The molecule has 0 aliphatic carbocycles. The second kappa shape index (κ2) is 5.03. The fourth-order valence-electron chi connectivity index (χ4n) is 1.55. The number of hydrogen-bond donors (Lipinski definition) is 2. The average Bonchev–Trinajstić information content (AvgIpc) is 2.49. The first-order chi connectivity index (χ1) is 7.84. The topological polar surface area (TPSA) is 79.5 Å². The third kappa shape index (κ3) is 2.87. The van der Waals surface area contributed by atoms with Gasteiger partial charge < -0.3 is 14.8 Å². The molecule has 1 unspecified atom stereocenters. The molecule has 2 N–H and O–H groups in total. The normalized spacial score (nSPS) is 12.2. The van der Waals surface area contributed by atoms with Crippen LogP contribution in [0.15, 0.2) is 4.42 Å². The lowest BCUT2D eigenvalue weighted by molar-refractivity contribution is -0.140. The van der Waals surface area contributed by atoms with Crippen molar-refractivity contribution in [3.63, 3.8) is 0 Å². The standard InChI is InChI=1S/C12H17NO4/c1-6(12(15)16)5-13-11(14)10-7(2)8(3)17-9(10)4/h6H,5H2,1-4H3,(H,13,14)(H,15,16). The van der Waals surface area contributed by atoms with Crippen molar-refractivity contribution in [2.75, 3.05) is 6.54 Å². The summed E-state index contributed by atoms with van der Waals surface area (Å²) in [5, 5.41) is 11.3. The summed E-state index contributed by atoms with van der Waals surface area (Å²) >= 11 is 0. The molecule has 0 saturated carbocycles. The van der Waals surface area contributed by atoms with Gasteiger partial charge in [0.05, 0.1) is 11.5 Å². The van der Waals surface area contributed by atoms with E-state index in [4.69, 9.17) is 9.52 Å². The molecule has 1 rings (SSSR count). The highest BCUT2D eigenvalue weighted by Gasteiger charge is 2.19. The van der Waals surface area contributed by atoms with Crippen LogP contribution in [0.25, 0.3) is 0 Å². The summed E-state index contributed by atoms with van der Waals surface area (Å²) in [4.78, 5) is 22.5. The Bertz CT molecular complexity index is 448. The fourth-order valence-corrected chi connectivity index (χ4v) is 1.55. The molecule has 1 amide bonds. The minimum atomic E-state index is -0.929. The highest BCUT2D eigenvalue weighted by molar-refractivity contribution is 5.97. The highest BCUT2D eigenvalue weighted by Crippen LogP contribution is 2.20. The molecule has 5 heteroatoms. The Labute approximate surface area is 99.8 Å². The van der Waals surface area contributed by atoms with Gasteiger partial charge in [0.1, 0.15) is 11.5 Å². The molecular formula is C12H17NO4. The van der Waals surface area contributed by atoms with Crippen LogP contribution in [0.2, 0.25) is 0 Å². The first-order valence-electron chi connectivity index (χ1n) is 5.42. The summed E-state index contributed by atoms with van der Waals surface area (Å²) in [5.41, 5.74) is 1.29. The summed E-state index contributed by atoms with van der Waals surface area (Å²) in [5.74, 6) is -0.556. The fraction of sp³-hybridized carbons (Fsp3) is 0.500. The number of carboxylic acids is 1. The van der Waals surface area contributed by atoms with Crippen molar-refractivity contribution >= 4 is 11.9 Å². The molecule has 1 aromatic heterocycles. The lowest BCUT2D eigenvalue weighted by atomic mass is 10.1. The van der Waals surface area contributed by atoms with Crippen LogP contribution in [0.4, 0.5) is 0 Å². The van der Waals surface area contributed by atoms with E-state index in [0.717, 1.165) is 5.56 Å². The Hall–Kier alpha value is -1.78. The quantitative estimate of drug-likeness (QED) is 0.837. The van der Waals surface area contributed by atoms with Crippen LogP contribution in [0.5, 0.6) is 0 Å². The van der Waals surface area contributed by atoms with Crippen molar-refractivity contribution in [2.24, 2.45) is 5.92 Å². The van der Waals surface area contributed by atoms with E-state index in [0.29, 0.717) is 17.1 Å². The van der Waals surface area contributed by atoms with Gasteiger partial charge in [-0.05, 0) is 20.8 Å². The number of rotatable bonds is 4. The maximum absolute atomic E-state index is 11.9. The maximum atomic E-state index is 11.9. The SMILES string of the molecule is Cc1oc(C)c(C(=O)NCC(C)C(=O)O)c1C. The number of carbonyl (C=O) groups excluding carboxylic acids is 1. The van der Waals surface area contributed by atoms with Crippen LogP contribution in [0.1, 0.15) is 34.4 Å². The number of nitrogens with one attached hydrogen (secondary N) is 1. The monoisotopic (exact) mass is 239 g/mol. The third-order valence-electron chi connectivity index (χ3n) is 2.78. The summed E-state index contributed by atoms with van der Waals surface area (Å²) in [6.07, 6.45) is 0. The Morgan fingerprint density at radius 1 is 1.29 bits per heavy atom. The lowest BCUT2D eigenvalue weighted by Crippen LogP contribution is -2.31. The van der Waals surface area contributed by atoms with E-state index in [2.05, 4.69) is 5.32 Å². The van der Waals surface area contributed by atoms with Gasteiger partial charge in [0.25, 0.3) is 5.91 Å². The first kappa shape index (κ1) is 13.3. The molecule has 1 atom stereocenters. The molecule has 0 saturated heterocycles. The van der Waals surface area contributed by atoms with Crippen LogP contribution in [-0.4, -0.2) is 23.5 Å². The van der Waals surface area contributed by atoms with E-state index >= 15 is 0 Å². The molecule has 0 aromatic carbocycles. The van der Waals surface area contributed by atoms with Crippen LogP contribution < -0.4 is 5.32 Å². The predicted octanol–water partition coefficient (Wildman–Crippen LogP) is 1.66. The molecule has 0 bridgehead atoms. The number of carboxylic acid groups (broad SMARTS) is 1. The van der Waals surface area contributed by atoms with Gasteiger partial charge >= 0.3 is 5.97 Å². The maximum Gasteiger partial charge on any atom is 0.308 e. The average molecular weight is 239 g/mol. The molecule has 5 nitrogen and oxygen atoms in total. The smallest absolute Gasteiger partial charge is 0.308 e. The minimum Gasteiger partial charge on any atom is -0.481 e. The van der Waals surface area contributed by atoms with E-state index in [9.17, 15) is 9.59 Å². The van der Waals surface area contributed by atoms with Crippen LogP contribution in [-0.2, 0) is 4.79 Å². The first-order valence-corrected chi connectivity index (χ1v) is 5.42. The zero-order valence-electron chi connectivity index (χ0n) is 10.5. The zero-order chi connectivity index (χ0) is 13.2. The van der Waals surface area contributed by atoms with Gasteiger partial charge in [0.15, 0.2) is 0 Å². The molecule has 0 radical (unpaired) electrons. The van der Waals surface area contributed by atoms with Gasteiger partial charge in [0, 0.05) is 12.1 Å². The lowest BCUT2D eigenvalue weighted by Gasteiger charge is -2.08. The van der Waals surface area contributed by atoms with Crippen molar-refractivity contribution in [2.45, 2.75) is 27.7 Å². The van der Waals surface area contributed by atoms with Crippen molar-refractivity contribution in [1.29, 1.82) is 0 Å². The molecule has 1 heterocycles. The van der Waals surface area contributed by atoms with E-state index in [1.54, 1.807) is 27.7 Å². The summed E-state index contributed by atoms with van der Waals surface area (Å²) < 4.78 is 5.34. The van der Waals surface area contributed by atoms with E-state index in [1.165, 1.54) is 0 Å². The molecule has 0 aliphatic rings. The van der Waals surface area contributed by atoms with E-state index in [1.807, 2.05) is 0 Å². The molecule has 1 aromatic rings. The van der Waals surface area contributed by atoms with Crippen molar-refractivity contribution in [3.8, 4) is 0 Å². The summed E-state index contributed by atoms with van der Waals surface area (Å²) in [6, 6.07) is 0. The van der Waals surface area contributed by atoms with Crippen molar-refractivity contribution < 1.29 is 19.1 Å². The predicted molar refractivity (Wildman–Crippen MR) is 62.1 cm³/mol.